The largest absolute Gasteiger partial charge is 0.492 e. The fourth-order valence-corrected chi connectivity index (χ4v) is 1.23. The summed E-state index contributed by atoms with van der Waals surface area (Å²) >= 11 is 5.26. The highest BCUT2D eigenvalue weighted by molar-refractivity contribution is 6.28. The molecule has 6 heteroatoms. The van der Waals surface area contributed by atoms with Gasteiger partial charge in [0.2, 0.25) is 5.91 Å². The van der Waals surface area contributed by atoms with Crippen molar-refractivity contribution in [1.29, 1.82) is 0 Å². The standard InChI is InChI=1S/C11H13ClN2O3/c1-2-17-9-6-4-3-5-8(9)13-11(16)14-10(15)7-12/h3-6H,2,7H2,1H3,(H2,13,14,15,16). The van der Waals surface area contributed by atoms with Gasteiger partial charge in [0.15, 0.2) is 0 Å². The molecule has 0 fully saturated rings. The molecular formula is C11H13ClN2O3. The van der Waals surface area contributed by atoms with Crippen LogP contribution < -0.4 is 15.4 Å². The number of rotatable bonds is 4. The van der Waals surface area contributed by atoms with Crippen LogP contribution in [0.5, 0.6) is 5.75 Å². The number of halogens is 1. The van der Waals surface area contributed by atoms with Gasteiger partial charge < -0.3 is 10.1 Å². The SMILES string of the molecule is CCOc1ccccc1NC(=O)NC(=O)CCl. The number of benzene rings is 1. The Labute approximate surface area is 104 Å². The highest BCUT2D eigenvalue weighted by Crippen LogP contribution is 2.23. The van der Waals surface area contributed by atoms with Gasteiger partial charge in [0.1, 0.15) is 11.6 Å². The van der Waals surface area contributed by atoms with Gasteiger partial charge >= 0.3 is 6.03 Å². The molecule has 1 aromatic rings. The van der Waals surface area contributed by atoms with Gasteiger partial charge in [-0.25, -0.2) is 4.79 Å². The van der Waals surface area contributed by atoms with Crippen molar-refractivity contribution in [2.45, 2.75) is 6.92 Å². The van der Waals surface area contributed by atoms with E-state index < -0.39 is 11.9 Å². The minimum absolute atomic E-state index is 0.263. The zero-order chi connectivity index (χ0) is 12.7. The van der Waals surface area contributed by atoms with Crippen molar-refractivity contribution in [3.05, 3.63) is 24.3 Å². The summed E-state index contributed by atoms with van der Waals surface area (Å²) in [6, 6.07) is 6.31. The van der Waals surface area contributed by atoms with Gasteiger partial charge in [-0.3, -0.25) is 10.1 Å². The van der Waals surface area contributed by atoms with Crippen LogP contribution in [0, 0.1) is 0 Å². The average molecular weight is 257 g/mol. The number of alkyl halides is 1. The lowest BCUT2D eigenvalue weighted by Crippen LogP contribution is -2.35. The van der Waals surface area contributed by atoms with Gasteiger partial charge in [-0.2, -0.15) is 0 Å². The van der Waals surface area contributed by atoms with Crippen molar-refractivity contribution in [2.75, 3.05) is 17.8 Å². The van der Waals surface area contributed by atoms with Crippen LogP contribution in [-0.4, -0.2) is 24.4 Å². The van der Waals surface area contributed by atoms with E-state index in [4.69, 9.17) is 16.3 Å². The van der Waals surface area contributed by atoms with Crippen molar-refractivity contribution in [2.24, 2.45) is 0 Å². The van der Waals surface area contributed by atoms with Crippen molar-refractivity contribution in [3.8, 4) is 5.75 Å². The number of anilines is 1. The highest BCUT2D eigenvalue weighted by atomic mass is 35.5. The molecule has 0 aromatic heterocycles. The molecule has 0 radical (unpaired) electrons. The fraction of sp³-hybridized carbons (Fsp3) is 0.273. The molecular weight excluding hydrogens is 244 g/mol. The van der Waals surface area contributed by atoms with Crippen molar-refractivity contribution < 1.29 is 14.3 Å². The maximum absolute atomic E-state index is 11.4. The Balaban J connectivity index is 2.67. The maximum Gasteiger partial charge on any atom is 0.326 e. The number of urea groups is 1. The Morgan fingerprint density at radius 2 is 2.06 bits per heavy atom. The second-order valence-electron chi connectivity index (χ2n) is 3.07. The number of amides is 3. The van der Waals surface area contributed by atoms with Crippen LogP contribution in [0.1, 0.15) is 6.92 Å². The van der Waals surface area contributed by atoms with Crippen LogP contribution >= 0.6 is 11.6 Å². The molecule has 0 spiro atoms. The van der Waals surface area contributed by atoms with Crippen molar-refractivity contribution in [1.82, 2.24) is 5.32 Å². The molecule has 0 aliphatic heterocycles. The third-order valence-corrected chi connectivity index (χ3v) is 2.05. The molecule has 1 aromatic carbocycles. The Morgan fingerprint density at radius 1 is 1.35 bits per heavy atom. The first-order valence-corrected chi connectivity index (χ1v) is 5.59. The summed E-state index contributed by atoms with van der Waals surface area (Å²) in [6.45, 7) is 2.33. The third-order valence-electron chi connectivity index (χ3n) is 1.81. The molecule has 17 heavy (non-hydrogen) atoms. The minimum atomic E-state index is -0.636. The number of imide groups is 1. The van der Waals surface area contributed by atoms with E-state index in [9.17, 15) is 9.59 Å². The Kier molecular flexibility index (Phi) is 5.29. The van der Waals surface area contributed by atoms with Gasteiger partial charge in [0.05, 0.1) is 12.3 Å². The molecule has 0 unspecified atom stereocenters. The summed E-state index contributed by atoms with van der Waals surface area (Å²) in [6.07, 6.45) is 0. The third kappa shape index (κ3) is 4.32. The second-order valence-corrected chi connectivity index (χ2v) is 3.33. The van der Waals surface area contributed by atoms with Gasteiger partial charge in [-0.15, -0.1) is 11.6 Å². The number of hydrogen-bond donors (Lipinski definition) is 2. The molecule has 1 rings (SSSR count). The van der Waals surface area contributed by atoms with E-state index in [1.165, 1.54) is 0 Å². The fourth-order valence-electron chi connectivity index (χ4n) is 1.16. The van der Waals surface area contributed by atoms with Crippen LogP contribution in [0.15, 0.2) is 24.3 Å². The summed E-state index contributed by atoms with van der Waals surface area (Å²) in [7, 11) is 0. The molecule has 0 heterocycles. The quantitative estimate of drug-likeness (QED) is 0.810. The van der Waals surface area contributed by atoms with Gasteiger partial charge in [0.25, 0.3) is 0 Å². The monoisotopic (exact) mass is 256 g/mol. The van der Waals surface area contributed by atoms with Crippen LogP contribution in [0.3, 0.4) is 0 Å². The lowest BCUT2D eigenvalue weighted by molar-refractivity contribution is -0.117. The first kappa shape index (κ1) is 13.3. The second kappa shape index (κ2) is 6.75. The van der Waals surface area contributed by atoms with E-state index in [0.717, 1.165) is 0 Å². The maximum atomic E-state index is 11.4. The molecule has 2 N–H and O–H groups in total. The number of carbonyl (C=O) groups excluding carboxylic acids is 2. The molecule has 0 bridgehead atoms. The Bertz CT molecular complexity index is 409. The van der Waals surface area contributed by atoms with Crippen LogP contribution in [0.25, 0.3) is 0 Å². The Hall–Kier alpha value is -1.75. The first-order valence-electron chi connectivity index (χ1n) is 5.06. The summed E-state index contributed by atoms with van der Waals surface area (Å²) < 4.78 is 5.32. The van der Waals surface area contributed by atoms with E-state index in [-0.39, 0.29) is 5.88 Å². The molecule has 0 aliphatic carbocycles. The molecule has 0 saturated carbocycles. The smallest absolute Gasteiger partial charge is 0.326 e. The zero-order valence-corrected chi connectivity index (χ0v) is 10.1. The van der Waals surface area contributed by atoms with Crippen LogP contribution in [0.2, 0.25) is 0 Å². The number of nitrogens with one attached hydrogen (secondary N) is 2. The number of carbonyl (C=O) groups is 2. The number of ether oxygens (including phenoxy) is 1. The van der Waals surface area contributed by atoms with E-state index in [2.05, 4.69) is 10.6 Å². The Morgan fingerprint density at radius 3 is 2.71 bits per heavy atom. The summed E-state index contributed by atoms with van der Waals surface area (Å²) in [5.41, 5.74) is 0.495. The van der Waals surface area contributed by atoms with Crippen molar-refractivity contribution >= 4 is 29.2 Å². The number of hydrogen-bond acceptors (Lipinski definition) is 3. The lowest BCUT2D eigenvalue weighted by atomic mass is 10.3. The topological polar surface area (TPSA) is 67.4 Å². The van der Waals surface area contributed by atoms with Gasteiger partial charge in [0, 0.05) is 0 Å². The first-order chi connectivity index (χ1) is 8.17. The van der Waals surface area contributed by atoms with Gasteiger partial charge in [-0.05, 0) is 19.1 Å². The molecule has 0 atom stereocenters. The summed E-state index contributed by atoms with van der Waals surface area (Å²) in [5.74, 6) is -0.276. The normalized spacial score (nSPS) is 9.53. The summed E-state index contributed by atoms with van der Waals surface area (Å²) in [5, 5.41) is 4.58. The highest BCUT2D eigenvalue weighted by Gasteiger charge is 2.09. The van der Waals surface area contributed by atoms with E-state index in [0.29, 0.717) is 18.0 Å². The molecule has 0 aliphatic rings. The lowest BCUT2D eigenvalue weighted by Gasteiger charge is -2.11. The van der Waals surface area contributed by atoms with E-state index in [1.807, 2.05) is 6.92 Å². The molecule has 0 saturated heterocycles. The molecule has 5 nitrogen and oxygen atoms in total. The predicted octanol–water partition coefficient (Wildman–Crippen LogP) is 1.97. The summed E-state index contributed by atoms with van der Waals surface area (Å²) in [4.78, 5) is 22.3. The molecule has 3 amide bonds. The van der Waals surface area contributed by atoms with Crippen molar-refractivity contribution in [3.63, 3.8) is 0 Å². The molecule has 92 valence electrons. The average Bonchev–Trinajstić information content (AvgIpc) is 2.31. The zero-order valence-electron chi connectivity index (χ0n) is 9.33. The van der Waals surface area contributed by atoms with E-state index in [1.54, 1.807) is 24.3 Å². The predicted molar refractivity (Wildman–Crippen MR) is 65.5 cm³/mol. The van der Waals surface area contributed by atoms with Crippen LogP contribution in [0.4, 0.5) is 10.5 Å². The minimum Gasteiger partial charge on any atom is -0.492 e. The van der Waals surface area contributed by atoms with Gasteiger partial charge in [-0.1, -0.05) is 12.1 Å². The van der Waals surface area contributed by atoms with Crippen LogP contribution in [-0.2, 0) is 4.79 Å². The van der Waals surface area contributed by atoms with E-state index >= 15 is 0 Å². The number of para-hydroxylation sites is 2.